The largest absolute Gasteiger partial charge is 0.465 e. The minimum absolute atomic E-state index is 0.0423. The molecular formula is C15H10N4O4. The van der Waals surface area contributed by atoms with E-state index in [1.807, 2.05) is 6.07 Å². The number of nitriles is 1. The van der Waals surface area contributed by atoms with Gasteiger partial charge >= 0.3 is 11.9 Å². The molecule has 0 unspecified atom stereocenters. The fourth-order valence-corrected chi connectivity index (χ4v) is 2.35. The van der Waals surface area contributed by atoms with Crippen molar-refractivity contribution < 1.29 is 19.1 Å². The number of amidine groups is 2. The highest BCUT2D eigenvalue weighted by atomic mass is 16.5. The van der Waals surface area contributed by atoms with Crippen LogP contribution in [-0.2, 0) is 19.1 Å². The fraction of sp³-hybridized carbons (Fsp3) is 0.133. The summed E-state index contributed by atoms with van der Waals surface area (Å²) in [5.74, 6) is -0.844. The Labute approximate surface area is 131 Å². The molecule has 0 radical (unpaired) electrons. The van der Waals surface area contributed by atoms with E-state index in [4.69, 9.17) is 9.47 Å². The van der Waals surface area contributed by atoms with Gasteiger partial charge in [-0.3, -0.25) is 4.90 Å². The molecule has 3 rings (SSSR count). The van der Waals surface area contributed by atoms with Crippen LogP contribution in [0.1, 0.15) is 0 Å². The monoisotopic (exact) mass is 310 g/mol. The number of nitrogens with zero attached hydrogens (tertiary/aromatic N) is 4. The van der Waals surface area contributed by atoms with Gasteiger partial charge in [-0.1, -0.05) is 6.08 Å². The zero-order valence-corrected chi connectivity index (χ0v) is 12.2. The van der Waals surface area contributed by atoms with E-state index < -0.39 is 11.9 Å². The minimum atomic E-state index is -0.797. The molecule has 0 aliphatic carbocycles. The van der Waals surface area contributed by atoms with Crippen LogP contribution in [0.15, 0.2) is 57.0 Å². The van der Waals surface area contributed by atoms with E-state index in [-0.39, 0.29) is 22.7 Å². The van der Waals surface area contributed by atoms with Crippen molar-refractivity contribution in [3.05, 3.63) is 47.0 Å². The van der Waals surface area contributed by atoms with Crippen LogP contribution in [0.25, 0.3) is 0 Å². The van der Waals surface area contributed by atoms with Crippen molar-refractivity contribution in [2.45, 2.75) is 0 Å². The zero-order valence-electron chi connectivity index (χ0n) is 12.2. The summed E-state index contributed by atoms with van der Waals surface area (Å²) in [6.45, 7) is 0. The highest BCUT2D eigenvalue weighted by Gasteiger charge is 2.39. The van der Waals surface area contributed by atoms with E-state index in [1.165, 1.54) is 25.3 Å². The number of rotatable bonds is 2. The van der Waals surface area contributed by atoms with Crippen molar-refractivity contribution in [3.8, 4) is 6.07 Å². The Hall–Kier alpha value is -3.47. The van der Waals surface area contributed by atoms with Gasteiger partial charge in [0.25, 0.3) is 0 Å². The maximum atomic E-state index is 12.2. The van der Waals surface area contributed by atoms with Gasteiger partial charge < -0.3 is 9.47 Å². The lowest BCUT2D eigenvalue weighted by molar-refractivity contribution is -0.139. The quantitative estimate of drug-likeness (QED) is 0.691. The second-order valence-corrected chi connectivity index (χ2v) is 4.53. The first-order valence-electron chi connectivity index (χ1n) is 6.49. The van der Waals surface area contributed by atoms with Gasteiger partial charge in [0.05, 0.1) is 26.1 Å². The van der Waals surface area contributed by atoms with Crippen LogP contribution in [0, 0.1) is 11.3 Å². The predicted octanol–water partition coefficient (Wildman–Crippen LogP) is 0.574. The molecule has 0 fully saturated rings. The van der Waals surface area contributed by atoms with Gasteiger partial charge in [0.15, 0.2) is 11.5 Å². The van der Waals surface area contributed by atoms with Crippen LogP contribution in [-0.4, -0.2) is 42.7 Å². The van der Waals surface area contributed by atoms with Crippen LogP contribution < -0.4 is 0 Å². The first kappa shape index (κ1) is 14.5. The van der Waals surface area contributed by atoms with Crippen LogP contribution in [0.5, 0.6) is 0 Å². The molecule has 8 nitrogen and oxygen atoms in total. The van der Waals surface area contributed by atoms with E-state index in [1.54, 1.807) is 18.2 Å². The SMILES string of the molecule is COC(=O)C1=C(C(=O)OC)C2=CC=CC3=NC=C(C#N)C(=N1)N23. The first-order chi connectivity index (χ1) is 11.1. The Morgan fingerprint density at radius 1 is 1.26 bits per heavy atom. The Bertz CT molecular complexity index is 849. The van der Waals surface area contributed by atoms with Crippen molar-refractivity contribution in [3.63, 3.8) is 0 Å². The van der Waals surface area contributed by atoms with Crippen LogP contribution in [0.2, 0.25) is 0 Å². The van der Waals surface area contributed by atoms with Crippen molar-refractivity contribution in [1.29, 1.82) is 5.26 Å². The third-order valence-corrected chi connectivity index (χ3v) is 3.35. The number of hydrogen-bond donors (Lipinski definition) is 0. The number of aliphatic imine (C=N–C) groups is 2. The summed E-state index contributed by atoms with van der Waals surface area (Å²) >= 11 is 0. The van der Waals surface area contributed by atoms with Crippen LogP contribution >= 0.6 is 0 Å². The highest BCUT2D eigenvalue weighted by molar-refractivity contribution is 6.22. The molecule has 0 saturated carbocycles. The zero-order chi connectivity index (χ0) is 16.6. The molecule has 3 heterocycles. The van der Waals surface area contributed by atoms with E-state index in [9.17, 15) is 14.9 Å². The van der Waals surface area contributed by atoms with Gasteiger partial charge in [0.1, 0.15) is 23.1 Å². The lowest BCUT2D eigenvalue weighted by Gasteiger charge is -2.35. The summed E-state index contributed by atoms with van der Waals surface area (Å²) in [6, 6.07) is 1.97. The number of methoxy groups -OCH3 is 2. The number of ether oxygens (including phenoxy) is 2. The Kier molecular flexibility index (Phi) is 3.38. The van der Waals surface area contributed by atoms with Gasteiger partial charge in [0, 0.05) is 0 Å². The maximum absolute atomic E-state index is 12.2. The molecule has 3 aliphatic heterocycles. The average Bonchev–Trinajstić information content (AvgIpc) is 2.60. The van der Waals surface area contributed by atoms with Gasteiger partial charge in [-0.2, -0.15) is 5.26 Å². The van der Waals surface area contributed by atoms with E-state index >= 15 is 0 Å². The van der Waals surface area contributed by atoms with Crippen molar-refractivity contribution in [2.75, 3.05) is 14.2 Å². The first-order valence-corrected chi connectivity index (χ1v) is 6.49. The number of allylic oxidation sites excluding steroid dienone is 2. The van der Waals surface area contributed by atoms with E-state index in [0.29, 0.717) is 11.5 Å². The molecule has 114 valence electrons. The summed E-state index contributed by atoms with van der Waals surface area (Å²) in [5.41, 5.74) is 0.263. The molecule has 0 bridgehead atoms. The van der Waals surface area contributed by atoms with Gasteiger partial charge in [0.2, 0.25) is 0 Å². The minimum Gasteiger partial charge on any atom is -0.465 e. The summed E-state index contributed by atoms with van der Waals surface area (Å²) < 4.78 is 9.45. The van der Waals surface area contributed by atoms with Crippen molar-refractivity contribution in [1.82, 2.24) is 4.90 Å². The molecule has 0 spiro atoms. The van der Waals surface area contributed by atoms with Crippen LogP contribution in [0.4, 0.5) is 0 Å². The number of hydrogen-bond acceptors (Lipinski definition) is 8. The molecule has 0 saturated heterocycles. The average molecular weight is 310 g/mol. The third-order valence-electron chi connectivity index (χ3n) is 3.35. The molecule has 8 heteroatoms. The van der Waals surface area contributed by atoms with Gasteiger partial charge in [-0.15, -0.1) is 0 Å². The number of carbonyl (C=O) groups excluding carboxylic acids is 2. The fourth-order valence-electron chi connectivity index (χ4n) is 2.35. The standard InChI is InChI=1S/C15H10N4O4/c1-22-14(20)11-9-4-3-5-10-17-7-8(6-16)13(19(9)10)18-12(11)15(21)23-2/h3-5,7H,1-2H3. The molecule has 23 heavy (non-hydrogen) atoms. The molecular weight excluding hydrogens is 300 g/mol. The third kappa shape index (κ3) is 2.06. The highest BCUT2D eigenvalue weighted by Crippen LogP contribution is 2.33. The van der Waals surface area contributed by atoms with Crippen LogP contribution in [0.3, 0.4) is 0 Å². The lowest BCUT2D eigenvalue weighted by Crippen LogP contribution is -2.43. The Morgan fingerprint density at radius 3 is 2.65 bits per heavy atom. The van der Waals surface area contributed by atoms with E-state index in [2.05, 4.69) is 9.98 Å². The molecule has 0 aromatic rings. The Balaban J connectivity index is 2.32. The summed E-state index contributed by atoms with van der Waals surface area (Å²) in [4.78, 5) is 34.0. The summed E-state index contributed by atoms with van der Waals surface area (Å²) in [6.07, 6.45) is 6.34. The normalized spacial score (nSPS) is 18.0. The molecule has 0 aromatic carbocycles. The second kappa shape index (κ2) is 5.38. The lowest BCUT2D eigenvalue weighted by atomic mass is 10.0. The Morgan fingerprint density at radius 2 is 2.00 bits per heavy atom. The van der Waals surface area contributed by atoms with Crippen molar-refractivity contribution in [2.24, 2.45) is 9.98 Å². The molecule has 0 amide bonds. The van der Waals surface area contributed by atoms with E-state index in [0.717, 1.165) is 0 Å². The summed E-state index contributed by atoms with van der Waals surface area (Å²) in [7, 11) is 2.38. The predicted molar refractivity (Wildman–Crippen MR) is 78.7 cm³/mol. The smallest absolute Gasteiger partial charge is 0.357 e. The van der Waals surface area contributed by atoms with Crippen molar-refractivity contribution >= 4 is 23.6 Å². The summed E-state index contributed by atoms with van der Waals surface area (Å²) in [5, 5.41) is 9.24. The molecule has 0 atom stereocenters. The second-order valence-electron chi connectivity index (χ2n) is 4.53. The number of carbonyl (C=O) groups is 2. The number of esters is 2. The maximum Gasteiger partial charge on any atom is 0.357 e. The molecule has 0 aromatic heterocycles. The molecule has 3 aliphatic rings. The van der Waals surface area contributed by atoms with Gasteiger partial charge in [-0.25, -0.2) is 19.6 Å². The molecule has 0 N–H and O–H groups in total. The van der Waals surface area contributed by atoms with Gasteiger partial charge in [-0.05, 0) is 12.2 Å². The topological polar surface area (TPSA) is 104 Å².